The van der Waals surface area contributed by atoms with E-state index in [9.17, 15) is 13.2 Å². The molecule has 1 aromatic rings. The first-order valence-electron chi connectivity index (χ1n) is 8.36. The number of ether oxygens (including phenoxy) is 1. The Kier molecular flexibility index (Phi) is 5.27. The standard InChI is InChI=1S/C16H24N2O5S/c1-22-10-2-12-24(20,21)18-8-6-17(7-9-18)16(19)14-5-11-23-15(14)13-3-4-13/h5,11,13H,2-4,6-10,12H2,1H3. The molecule has 0 atom stereocenters. The molecule has 2 aliphatic rings. The highest BCUT2D eigenvalue weighted by Crippen LogP contribution is 2.42. The number of sulfonamides is 1. The van der Waals surface area contributed by atoms with E-state index in [2.05, 4.69) is 0 Å². The van der Waals surface area contributed by atoms with E-state index in [0.717, 1.165) is 18.6 Å². The van der Waals surface area contributed by atoms with Gasteiger partial charge < -0.3 is 14.1 Å². The van der Waals surface area contributed by atoms with Crippen LogP contribution in [0.3, 0.4) is 0 Å². The molecule has 0 spiro atoms. The van der Waals surface area contributed by atoms with Crippen LogP contribution < -0.4 is 0 Å². The van der Waals surface area contributed by atoms with Gasteiger partial charge in [0.25, 0.3) is 5.91 Å². The molecule has 1 saturated carbocycles. The van der Waals surface area contributed by atoms with E-state index >= 15 is 0 Å². The molecule has 0 aromatic carbocycles. The lowest BCUT2D eigenvalue weighted by Gasteiger charge is -2.34. The summed E-state index contributed by atoms with van der Waals surface area (Å²) in [5.41, 5.74) is 0.633. The van der Waals surface area contributed by atoms with E-state index in [1.807, 2.05) is 0 Å². The molecular formula is C16H24N2O5S. The second kappa shape index (κ2) is 7.25. The first kappa shape index (κ1) is 17.4. The fraction of sp³-hybridized carbons (Fsp3) is 0.688. The maximum atomic E-state index is 12.7. The predicted octanol–water partition coefficient (Wildman–Crippen LogP) is 1.28. The number of furan rings is 1. The van der Waals surface area contributed by atoms with Gasteiger partial charge in [-0.2, -0.15) is 4.31 Å². The van der Waals surface area contributed by atoms with Crippen molar-refractivity contribution in [1.29, 1.82) is 0 Å². The van der Waals surface area contributed by atoms with Gasteiger partial charge in [-0.1, -0.05) is 0 Å². The first-order valence-corrected chi connectivity index (χ1v) is 9.97. The summed E-state index contributed by atoms with van der Waals surface area (Å²) in [5, 5.41) is 0. The summed E-state index contributed by atoms with van der Waals surface area (Å²) >= 11 is 0. The normalized spacial score (nSPS) is 19.6. The molecule has 3 rings (SSSR count). The van der Waals surface area contributed by atoms with Crippen molar-refractivity contribution in [2.24, 2.45) is 0 Å². The van der Waals surface area contributed by atoms with Crippen LogP contribution in [-0.2, 0) is 14.8 Å². The van der Waals surface area contributed by atoms with E-state index in [4.69, 9.17) is 9.15 Å². The zero-order valence-corrected chi connectivity index (χ0v) is 14.8. The van der Waals surface area contributed by atoms with Gasteiger partial charge in [0, 0.05) is 45.8 Å². The number of rotatable bonds is 7. The van der Waals surface area contributed by atoms with Gasteiger partial charge in [-0.15, -0.1) is 0 Å². The van der Waals surface area contributed by atoms with Gasteiger partial charge in [0.2, 0.25) is 10.0 Å². The smallest absolute Gasteiger partial charge is 0.257 e. The molecule has 0 unspecified atom stereocenters. The highest BCUT2D eigenvalue weighted by atomic mass is 32.2. The Morgan fingerprint density at radius 3 is 2.62 bits per heavy atom. The molecule has 24 heavy (non-hydrogen) atoms. The van der Waals surface area contributed by atoms with Crippen molar-refractivity contribution in [1.82, 2.24) is 9.21 Å². The zero-order valence-electron chi connectivity index (χ0n) is 13.9. The van der Waals surface area contributed by atoms with Crippen molar-refractivity contribution in [3.05, 3.63) is 23.7 Å². The Bertz CT molecular complexity index is 672. The lowest BCUT2D eigenvalue weighted by atomic mass is 10.1. The number of amides is 1. The maximum absolute atomic E-state index is 12.7. The van der Waals surface area contributed by atoms with Gasteiger partial charge in [0.15, 0.2) is 0 Å². The third-order valence-corrected chi connectivity index (χ3v) is 6.50. The number of nitrogens with zero attached hydrogens (tertiary/aromatic N) is 2. The van der Waals surface area contributed by atoms with Crippen molar-refractivity contribution in [2.75, 3.05) is 45.6 Å². The van der Waals surface area contributed by atoms with Gasteiger partial charge in [-0.3, -0.25) is 4.79 Å². The minimum Gasteiger partial charge on any atom is -0.468 e. The Morgan fingerprint density at radius 2 is 2.00 bits per heavy atom. The zero-order chi connectivity index (χ0) is 17.2. The van der Waals surface area contributed by atoms with Gasteiger partial charge in [-0.25, -0.2) is 8.42 Å². The lowest BCUT2D eigenvalue weighted by molar-refractivity contribution is 0.0695. The van der Waals surface area contributed by atoms with Crippen LogP contribution in [0.5, 0.6) is 0 Å². The second-order valence-corrected chi connectivity index (χ2v) is 8.41. The summed E-state index contributed by atoms with van der Waals surface area (Å²) in [6.45, 7) is 1.95. The molecule has 0 radical (unpaired) electrons. The first-order chi connectivity index (χ1) is 11.5. The van der Waals surface area contributed by atoms with Crippen LogP contribution in [0.1, 0.15) is 41.3 Å². The van der Waals surface area contributed by atoms with Gasteiger partial charge in [0.1, 0.15) is 5.76 Å². The van der Waals surface area contributed by atoms with E-state index < -0.39 is 10.0 Å². The number of methoxy groups -OCH3 is 1. The molecule has 1 saturated heterocycles. The SMILES string of the molecule is COCCCS(=O)(=O)N1CCN(C(=O)c2ccoc2C2CC2)CC1. The van der Waals surface area contributed by atoms with Crippen LogP contribution in [-0.4, -0.2) is 69.2 Å². The lowest BCUT2D eigenvalue weighted by Crippen LogP contribution is -2.51. The van der Waals surface area contributed by atoms with Crippen LogP contribution in [0.15, 0.2) is 16.7 Å². The van der Waals surface area contributed by atoms with Crippen LogP contribution >= 0.6 is 0 Å². The third-order valence-electron chi connectivity index (χ3n) is 4.54. The molecule has 2 heterocycles. The largest absolute Gasteiger partial charge is 0.468 e. The van der Waals surface area contributed by atoms with Crippen molar-refractivity contribution in [2.45, 2.75) is 25.2 Å². The Balaban J connectivity index is 1.56. The van der Waals surface area contributed by atoms with Crippen LogP contribution in [0.2, 0.25) is 0 Å². The summed E-state index contributed by atoms with van der Waals surface area (Å²) in [4.78, 5) is 14.4. The average molecular weight is 356 g/mol. The maximum Gasteiger partial charge on any atom is 0.257 e. The van der Waals surface area contributed by atoms with E-state index in [1.54, 1.807) is 24.3 Å². The Labute approximate surface area is 142 Å². The summed E-state index contributed by atoms with van der Waals surface area (Å²) in [7, 11) is -1.71. The fourth-order valence-corrected chi connectivity index (χ4v) is 4.47. The molecule has 1 amide bonds. The van der Waals surface area contributed by atoms with Crippen molar-refractivity contribution >= 4 is 15.9 Å². The minimum absolute atomic E-state index is 0.0536. The van der Waals surface area contributed by atoms with Crippen LogP contribution in [0, 0.1) is 0 Å². The fourth-order valence-electron chi connectivity index (χ4n) is 3.01. The highest BCUT2D eigenvalue weighted by Gasteiger charge is 2.34. The molecule has 7 nitrogen and oxygen atoms in total. The quantitative estimate of drug-likeness (QED) is 0.688. The van der Waals surface area contributed by atoms with Crippen molar-refractivity contribution in [3.8, 4) is 0 Å². The number of hydrogen-bond acceptors (Lipinski definition) is 5. The van der Waals surface area contributed by atoms with Crippen LogP contribution in [0.4, 0.5) is 0 Å². The molecule has 8 heteroatoms. The van der Waals surface area contributed by atoms with Crippen molar-refractivity contribution in [3.63, 3.8) is 0 Å². The number of carbonyl (C=O) groups excluding carboxylic acids is 1. The van der Waals surface area contributed by atoms with E-state index in [-0.39, 0.29) is 11.7 Å². The predicted molar refractivity (Wildman–Crippen MR) is 88.4 cm³/mol. The van der Waals surface area contributed by atoms with E-state index in [0.29, 0.717) is 50.7 Å². The topological polar surface area (TPSA) is 80.1 Å². The average Bonchev–Trinajstić information content (AvgIpc) is 3.31. The molecule has 1 aliphatic heterocycles. The van der Waals surface area contributed by atoms with Gasteiger partial charge in [-0.05, 0) is 25.3 Å². The Morgan fingerprint density at radius 1 is 1.29 bits per heavy atom. The molecular weight excluding hydrogens is 332 g/mol. The monoisotopic (exact) mass is 356 g/mol. The third kappa shape index (κ3) is 3.81. The number of piperazine rings is 1. The van der Waals surface area contributed by atoms with Crippen molar-refractivity contribution < 1.29 is 22.4 Å². The Hall–Kier alpha value is -1.38. The number of carbonyl (C=O) groups is 1. The summed E-state index contributed by atoms with van der Waals surface area (Å²) in [6, 6.07) is 1.73. The van der Waals surface area contributed by atoms with E-state index in [1.165, 1.54) is 4.31 Å². The minimum atomic E-state index is -3.27. The summed E-state index contributed by atoms with van der Waals surface area (Å²) in [6.07, 6.45) is 4.19. The molecule has 1 aromatic heterocycles. The van der Waals surface area contributed by atoms with Gasteiger partial charge >= 0.3 is 0 Å². The molecule has 1 aliphatic carbocycles. The van der Waals surface area contributed by atoms with Crippen LogP contribution in [0.25, 0.3) is 0 Å². The molecule has 134 valence electrons. The highest BCUT2D eigenvalue weighted by molar-refractivity contribution is 7.89. The van der Waals surface area contributed by atoms with Gasteiger partial charge in [0.05, 0.1) is 17.6 Å². The second-order valence-electron chi connectivity index (χ2n) is 6.33. The molecule has 2 fully saturated rings. The number of hydrogen-bond donors (Lipinski definition) is 0. The summed E-state index contributed by atoms with van der Waals surface area (Å²) < 4.78 is 36.4. The molecule has 0 bridgehead atoms. The molecule has 0 N–H and O–H groups in total. The summed E-state index contributed by atoms with van der Waals surface area (Å²) in [5.74, 6) is 1.20.